The van der Waals surface area contributed by atoms with E-state index in [1.54, 1.807) is 7.11 Å². The number of benzene rings is 3. The lowest BCUT2D eigenvalue weighted by molar-refractivity contribution is 0.0546. The fourth-order valence-corrected chi connectivity index (χ4v) is 9.24. The lowest BCUT2D eigenvalue weighted by Crippen LogP contribution is -2.66. The predicted octanol–water partition coefficient (Wildman–Crippen LogP) is 6.17. The standard InChI is InChI=1S/C34H41FO4Si/c1-27(38-26-28-20-22-29(37-5)23-21-28)19-24-32(35)33(36)18-12-13-25-39-40(34(2,3)4,30-14-8-6-9-15-30)31-16-10-7-11-17-31/h6-11,14-17,20-24,27,33,36H,13,19,25-26H2,1-5H3/b32-24+/t27-,33?/m1/s1. The van der Waals surface area contributed by atoms with Crippen LogP contribution in [0, 0.1) is 11.8 Å². The minimum absolute atomic E-state index is 0.135. The second kappa shape index (κ2) is 15.0. The molecule has 1 N–H and O–H groups in total. The van der Waals surface area contributed by atoms with Crippen LogP contribution in [0.3, 0.4) is 0 Å². The first-order valence-electron chi connectivity index (χ1n) is 13.7. The summed E-state index contributed by atoms with van der Waals surface area (Å²) in [6.07, 6.45) is 0.375. The third kappa shape index (κ3) is 8.39. The molecule has 6 heteroatoms. The molecule has 0 aromatic heterocycles. The molecule has 2 atom stereocenters. The molecule has 0 spiro atoms. The van der Waals surface area contributed by atoms with Crippen molar-refractivity contribution in [1.82, 2.24) is 0 Å². The quantitative estimate of drug-likeness (QED) is 0.163. The molecule has 0 heterocycles. The Morgan fingerprint density at radius 2 is 1.52 bits per heavy atom. The number of methoxy groups -OCH3 is 1. The fraction of sp³-hybridized carbons (Fsp3) is 0.353. The van der Waals surface area contributed by atoms with Gasteiger partial charge in [-0.15, -0.1) is 0 Å². The molecule has 0 fully saturated rings. The maximum Gasteiger partial charge on any atom is 0.261 e. The van der Waals surface area contributed by atoms with Gasteiger partial charge >= 0.3 is 0 Å². The summed E-state index contributed by atoms with van der Waals surface area (Å²) in [5, 5.41) is 12.5. The average Bonchev–Trinajstić information content (AvgIpc) is 2.97. The van der Waals surface area contributed by atoms with Gasteiger partial charge in [0.25, 0.3) is 8.32 Å². The van der Waals surface area contributed by atoms with E-state index in [-0.39, 0.29) is 11.1 Å². The largest absolute Gasteiger partial charge is 0.497 e. The van der Waals surface area contributed by atoms with Gasteiger partial charge in [0.1, 0.15) is 11.6 Å². The van der Waals surface area contributed by atoms with E-state index in [1.807, 2.05) is 67.6 Å². The molecule has 0 saturated carbocycles. The van der Waals surface area contributed by atoms with Crippen LogP contribution >= 0.6 is 0 Å². The Morgan fingerprint density at radius 1 is 0.950 bits per heavy atom. The van der Waals surface area contributed by atoms with Gasteiger partial charge in [0.05, 0.1) is 19.8 Å². The van der Waals surface area contributed by atoms with Gasteiger partial charge < -0.3 is 19.0 Å². The van der Waals surface area contributed by atoms with E-state index in [1.165, 1.54) is 16.4 Å². The Balaban J connectivity index is 1.57. The Bertz CT molecular complexity index is 1220. The minimum atomic E-state index is -2.65. The van der Waals surface area contributed by atoms with Crippen molar-refractivity contribution in [3.8, 4) is 17.6 Å². The van der Waals surface area contributed by atoms with Crippen LogP contribution < -0.4 is 15.1 Å². The highest BCUT2D eigenvalue weighted by Crippen LogP contribution is 2.36. The number of aliphatic hydroxyl groups is 1. The summed E-state index contributed by atoms with van der Waals surface area (Å²) in [7, 11) is -1.02. The molecule has 0 radical (unpaired) electrons. The topological polar surface area (TPSA) is 47.9 Å². The molecule has 3 aromatic carbocycles. The Labute approximate surface area is 239 Å². The van der Waals surface area contributed by atoms with E-state index >= 15 is 0 Å². The molecule has 0 amide bonds. The van der Waals surface area contributed by atoms with E-state index < -0.39 is 20.2 Å². The van der Waals surface area contributed by atoms with Crippen LogP contribution in [0.1, 0.15) is 46.1 Å². The Morgan fingerprint density at radius 3 is 2.05 bits per heavy atom. The highest BCUT2D eigenvalue weighted by molar-refractivity contribution is 6.99. The summed E-state index contributed by atoms with van der Waals surface area (Å²) in [6.45, 7) is 9.32. The van der Waals surface area contributed by atoms with Crippen molar-refractivity contribution in [2.45, 2.75) is 64.4 Å². The summed E-state index contributed by atoms with van der Waals surface area (Å²) in [6, 6.07) is 28.4. The lowest BCUT2D eigenvalue weighted by atomic mass is 10.2. The fourth-order valence-electron chi connectivity index (χ4n) is 4.67. The van der Waals surface area contributed by atoms with Crippen molar-refractivity contribution >= 4 is 18.7 Å². The van der Waals surface area contributed by atoms with Crippen LogP contribution in [-0.2, 0) is 15.8 Å². The maximum absolute atomic E-state index is 14.5. The van der Waals surface area contributed by atoms with Gasteiger partial charge in [0.2, 0.25) is 0 Å². The zero-order valence-electron chi connectivity index (χ0n) is 24.2. The molecule has 0 saturated heterocycles. The number of hydrogen-bond acceptors (Lipinski definition) is 4. The number of aliphatic hydroxyl groups excluding tert-OH is 1. The zero-order valence-corrected chi connectivity index (χ0v) is 25.2. The van der Waals surface area contributed by atoms with E-state index in [9.17, 15) is 9.50 Å². The average molecular weight is 561 g/mol. The summed E-state index contributed by atoms with van der Waals surface area (Å²) >= 11 is 0. The molecule has 0 aliphatic heterocycles. The Kier molecular flexibility index (Phi) is 11.7. The van der Waals surface area contributed by atoms with Gasteiger partial charge in [-0.05, 0) is 52.5 Å². The van der Waals surface area contributed by atoms with Gasteiger partial charge in [0, 0.05) is 13.0 Å². The van der Waals surface area contributed by atoms with Crippen molar-refractivity contribution < 1.29 is 23.4 Å². The van der Waals surface area contributed by atoms with Gasteiger partial charge in [-0.25, -0.2) is 4.39 Å². The van der Waals surface area contributed by atoms with Gasteiger partial charge in [-0.3, -0.25) is 0 Å². The third-order valence-corrected chi connectivity index (χ3v) is 11.8. The van der Waals surface area contributed by atoms with E-state index in [0.29, 0.717) is 26.1 Å². The number of hydrogen-bond donors (Lipinski definition) is 1. The van der Waals surface area contributed by atoms with E-state index in [4.69, 9.17) is 13.9 Å². The van der Waals surface area contributed by atoms with Crippen LogP contribution in [-0.4, -0.2) is 39.3 Å². The number of halogens is 1. The highest BCUT2D eigenvalue weighted by Gasteiger charge is 2.49. The van der Waals surface area contributed by atoms with Crippen molar-refractivity contribution in [2.24, 2.45) is 0 Å². The highest BCUT2D eigenvalue weighted by atomic mass is 28.4. The normalized spacial score (nSPS) is 13.7. The molecule has 212 valence electrons. The minimum Gasteiger partial charge on any atom is -0.497 e. The molecule has 1 unspecified atom stereocenters. The predicted molar refractivity (Wildman–Crippen MR) is 163 cm³/mol. The van der Waals surface area contributed by atoms with Gasteiger partial charge in [0.15, 0.2) is 6.10 Å². The first-order valence-corrected chi connectivity index (χ1v) is 15.6. The number of rotatable bonds is 12. The first kappa shape index (κ1) is 31.3. The smallest absolute Gasteiger partial charge is 0.261 e. The van der Waals surface area contributed by atoms with Crippen LogP contribution in [0.2, 0.25) is 5.04 Å². The molecular weight excluding hydrogens is 519 g/mol. The molecule has 3 rings (SSSR count). The molecule has 0 bridgehead atoms. The second-order valence-electron chi connectivity index (χ2n) is 10.8. The summed E-state index contributed by atoms with van der Waals surface area (Å²) < 4.78 is 32.3. The SMILES string of the molecule is COc1ccc(CO[C@H](C)C/C=C(/F)C(O)C#CCCO[Si](c2ccccc2)(c2ccccc2)C(C)(C)C)cc1. The molecular formula is C34H41FO4Si. The zero-order chi connectivity index (χ0) is 29.0. The maximum atomic E-state index is 14.5. The van der Waals surface area contributed by atoms with Crippen molar-refractivity contribution in [3.05, 3.63) is 102 Å². The van der Waals surface area contributed by atoms with Gasteiger partial charge in [-0.1, -0.05) is 105 Å². The van der Waals surface area contributed by atoms with E-state index in [2.05, 4.69) is 56.9 Å². The summed E-state index contributed by atoms with van der Waals surface area (Å²) in [5.41, 5.74) is 1.00. The monoisotopic (exact) mass is 560 g/mol. The van der Waals surface area contributed by atoms with Crippen LogP contribution in [0.25, 0.3) is 0 Å². The van der Waals surface area contributed by atoms with Crippen molar-refractivity contribution in [1.29, 1.82) is 0 Å². The molecule has 0 aliphatic rings. The molecule has 3 aromatic rings. The van der Waals surface area contributed by atoms with Crippen molar-refractivity contribution in [2.75, 3.05) is 13.7 Å². The molecule has 40 heavy (non-hydrogen) atoms. The van der Waals surface area contributed by atoms with E-state index in [0.717, 1.165) is 11.3 Å². The third-order valence-electron chi connectivity index (χ3n) is 6.80. The molecule has 0 aliphatic carbocycles. The van der Waals surface area contributed by atoms with Gasteiger partial charge in [-0.2, -0.15) is 0 Å². The Hall–Kier alpha value is -3.21. The lowest BCUT2D eigenvalue weighted by Gasteiger charge is -2.43. The second-order valence-corrected chi connectivity index (χ2v) is 15.1. The van der Waals surface area contributed by atoms with Crippen LogP contribution in [0.15, 0.2) is 96.8 Å². The van der Waals surface area contributed by atoms with Crippen molar-refractivity contribution in [3.63, 3.8) is 0 Å². The summed E-state index contributed by atoms with van der Waals surface area (Å²) in [5.74, 6) is 5.65. The summed E-state index contributed by atoms with van der Waals surface area (Å²) in [4.78, 5) is 0. The number of ether oxygens (including phenoxy) is 2. The van der Waals surface area contributed by atoms with Crippen LogP contribution in [0.4, 0.5) is 4.39 Å². The first-order chi connectivity index (χ1) is 19.2. The molecule has 4 nitrogen and oxygen atoms in total. The van der Waals surface area contributed by atoms with Crippen LogP contribution in [0.5, 0.6) is 5.75 Å².